The van der Waals surface area contributed by atoms with E-state index in [1.165, 1.54) is 0 Å². The van der Waals surface area contributed by atoms with Crippen LogP contribution in [0.2, 0.25) is 0 Å². The van der Waals surface area contributed by atoms with Crippen molar-refractivity contribution in [2.45, 2.75) is 25.3 Å². The van der Waals surface area contributed by atoms with E-state index < -0.39 is 0 Å². The lowest BCUT2D eigenvalue weighted by atomic mass is 10.0. The molecule has 1 aliphatic heterocycles. The van der Waals surface area contributed by atoms with E-state index >= 15 is 0 Å². The number of benzene rings is 1. The molecule has 7 heteroatoms. The molecular formula is C23H22N4O2S. The minimum Gasteiger partial charge on any atom is -0.361 e. The summed E-state index contributed by atoms with van der Waals surface area (Å²) in [5.74, 6) is 0.0897. The van der Waals surface area contributed by atoms with Gasteiger partial charge in [0.25, 0.3) is 5.56 Å². The highest BCUT2D eigenvalue weighted by molar-refractivity contribution is 7.13. The smallest absolute Gasteiger partial charge is 0.267 e. The molecule has 152 valence electrons. The molecule has 1 amide bonds. The van der Waals surface area contributed by atoms with Crippen molar-refractivity contribution in [2.75, 3.05) is 13.1 Å². The molecule has 6 nitrogen and oxygen atoms in total. The fourth-order valence-electron chi connectivity index (χ4n) is 4.18. The lowest BCUT2D eigenvalue weighted by molar-refractivity contribution is -0.132. The summed E-state index contributed by atoms with van der Waals surface area (Å²) in [6, 6.07) is 15.2. The molecule has 5 rings (SSSR count). The van der Waals surface area contributed by atoms with Gasteiger partial charge in [-0.25, -0.2) is 4.68 Å². The van der Waals surface area contributed by atoms with Gasteiger partial charge in [-0.15, -0.1) is 11.3 Å². The van der Waals surface area contributed by atoms with Crippen LogP contribution in [0, 0.1) is 0 Å². The molecule has 1 N–H and O–H groups in total. The Morgan fingerprint density at radius 2 is 2.07 bits per heavy atom. The molecule has 0 radical (unpaired) electrons. The van der Waals surface area contributed by atoms with Crippen molar-refractivity contribution in [3.05, 3.63) is 76.0 Å². The zero-order chi connectivity index (χ0) is 20.5. The van der Waals surface area contributed by atoms with Crippen molar-refractivity contribution in [3.8, 4) is 10.6 Å². The summed E-state index contributed by atoms with van der Waals surface area (Å²) in [4.78, 5) is 31.7. The first-order chi connectivity index (χ1) is 14.7. The molecule has 30 heavy (non-hydrogen) atoms. The number of thiophene rings is 1. The number of aromatic nitrogens is 3. The molecule has 1 aromatic carbocycles. The Balaban J connectivity index is 1.35. The molecule has 0 aliphatic carbocycles. The number of nitrogens with zero attached hydrogens (tertiary/aromatic N) is 3. The van der Waals surface area contributed by atoms with Crippen LogP contribution in [0.3, 0.4) is 0 Å². The molecule has 1 fully saturated rings. The van der Waals surface area contributed by atoms with Gasteiger partial charge in [0.15, 0.2) is 0 Å². The maximum absolute atomic E-state index is 13.0. The molecule has 0 unspecified atom stereocenters. The molecule has 0 saturated carbocycles. The molecule has 0 bridgehead atoms. The van der Waals surface area contributed by atoms with Crippen molar-refractivity contribution in [1.29, 1.82) is 0 Å². The van der Waals surface area contributed by atoms with Gasteiger partial charge in [-0.3, -0.25) is 9.59 Å². The highest BCUT2D eigenvalue weighted by Gasteiger charge is 2.26. The molecule has 1 atom stereocenters. The fraction of sp³-hybridized carbons (Fsp3) is 0.261. The number of piperidine rings is 1. The summed E-state index contributed by atoms with van der Waals surface area (Å²) in [5.41, 5.74) is 2.73. The van der Waals surface area contributed by atoms with E-state index in [0.29, 0.717) is 13.0 Å². The summed E-state index contributed by atoms with van der Waals surface area (Å²) in [6.07, 6.45) is 3.98. The molecule has 1 aliphatic rings. The van der Waals surface area contributed by atoms with Crippen LogP contribution < -0.4 is 5.56 Å². The summed E-state index contributed by atoms with van der Waals surface area (Å²) in [7, 11) is 0. The first-order valence-corrected chi connectivity index (χ1v) is 11.0. The van der Waals surface area contributed by atoms with Crippen molar-refractivity contribution in [3.63, 3.8) is 0 Å². The number of rotatable bonds is 4. The second-order valence-electron chi connectivity index (χ2n) is 7.65. The number of carbonyl (C=O) groups is 1. The largest absolute Gasteiger partial charge is 0.361 e. The minimum atomic E-state index is -0.119. The Bertz CT molecular complexity index is 1240. The Morgan fingerprint density at radius 1 is 1.17 bits per heavy atom. The highest BCUT2D eigenvalue weighted by atomic mass is 32.1. The van der Waals surface area contributed by atoms with E-state index in [-0.39, 0.29) is 17.5 Å². The van der Waals surface area contributed by atoms with Crippen molar-refractivity contribution in [2.24, 2.45) is 0 Å². The van der Waals surface area contributed by atoms with Gasteiger partial charge in [0.05, 0.1) is 17.3 Å². The number of nitrogens with one attached hydrogen (secondary N) is 1. The molecular weight excluding hydrogens is 396 g/mol. The standard InChI is InChI=1S/C23H22N4O2S/c28-22-10-9-20(21-8-4-12-30-21)25-27(22)17-5-3-11-26(15-17)23(29)13-16-14-24-19-7-2-1-6-18(16)19/h1-2,4,6-10,12,14,17,24H,3,5,11,13,15H2/t17-/m0/s1. The van der Waals surface area contributed by atoms with Crippen molar-refractivity contribution >= 4 is 28.1 Å². The van der Waals surface area contributed by atoms with Gasteiger partial charge < -0.3 is 9.88 Å². The summed E-state index contributed by atoms with van der Waals surface area (Å²) in [6.45, 7) is 1.24. The van der Waals surface area contributed by atoms with Gasteiger partial charge >= 0.3 is 0 Å². The second-order valence-corrected chi connectivity index (χ2v) is 8.60. The maximum atomic E-state index is 13.0. The van der Waals surface area contributed by atoms with Crippen molar-refractivity contribution in [1.82, 2.24) is 19.7 Å². The SMILES string of the molecule is O=C(Cc1c[nH]c2ccccc12)N1CCC[C@H](n2nc(-c3cccs3)ccc2=O)C1. The normalized spacial score (nSPS) is 16.8. The first kappa shape index (κ1) is 18.8. The molecule has 4 heterocycles. The average molecular weight is 419 g/mol. The lowest BCUT2D eigenvalue weighted by Crippen LogP contribution is -2.44. The molecule has 4 aromatic rings. The number of hydrogen-bond donors (Lipinski definition) is 1. The van der Waals surface area contributed by atoms with Crippen LogP contribution >= 0.6 is 11.3 Å². The third kappa shape index (κ3) is 3.57. The van der Waals surface area contributed by atoms with Crippen molar-refractivity contribution < 1.29 is 4.79 Å². The van der Waals surface area contributed by atoms with E-state index in [9.17, 15) is 9.59 Å². The van der Waals surface area contributed by atoms with E-state index in [4.69, 9.17) is 0 Å². The van der Waals surface area contributed by atoms with Crippen LogP contribution in [-0.4, -0.2) is 38.7 Å². The van der Waals surface area contributed by atoms with Crippen LogP contribution in [0.15, 0.2) is 64.9 Å². The highest BCUT2D eigenvalue weighted by Crippen LogP contribution is 2.25. The number of aromatic amines is 1. The monoisotopic (exact) mass is 418 g/mol. The maximum Gasteiger partial charge on any atom is 0.267 e. The van der Waals surface area contributed by atoms with Gasteiger partial charge in [-0.1, -0.05) is 24.3 Å². The van der Waals surface area contributed by atoms with Gasteiger partial charge in [-0.2, -0.15) is 5.10 Å². The second kappa shape index (κ2) is 7.91. The molecule has 3 aromatic heterocycles. The quantitative estimate of drug-likeness (QED) is 0.547. The summed E-state index contributed by atoms with van der Waals surface area (Å²) < 4.78 is 1.57. The third-order valence-corrected chi connectivity index (χ3v) is 6.60. The molecule has 1 saturated heterocycles. The Morgan fingerprint density at radius 3 is 2.93 bits per heavy atom. The predicted octanol–water partition coefficient (Wildman–Crippen LogP) is 3.86. The number of H-pyrrole nitrogens is 1. The van der Waals surface area contributed by atoms with Gasteiger partial charge in [-0.05, 0) is 42.0 Å². The van der Waals surface area contributed by atoms with E-state index in [0.717, 1.165) is 46.4 Å². The summed E-state index contributed by atoms with van der Waals surface area (Å²) >= 11 is 1.60. The topological polar surface area (TPSA) is 71.0 Å². The van der Waals surface area contributed by atoms with E-state index in [2.05, 4.69) is 10.1 Å². The number of amides is 1. The van der Waals surface area contributed by atoms with Crippen LogP contribution in [-0.2, 0) is 11.2 Å². The zero-order valence-electron chi connectivity index (χ0n) is 16.5. The predicted molar refractivity (Wildman–Crippen MR) is 119 cm³/mol. The average Bonchev–Trinajstić information content (AvgIpc) is 3.45. The Hall–Kier alpha value is -3.19. The molecule has 0 spiro atoms. The summed E-state index contributed by atoms with van der Waals surface area (Å²) in [5, 5.41) is 7.70. The van der Waals surface area contributed by atoms with Crippen LogP contribution in [0.4, 0.5) is 0 Å². The zero-order valence-corrected chi connectivity index (χ0v) is 17.3. The van der Waals surface area contributed by atoms with Crippen LogP contribution in [0.5, 0.6) is 0 Å². The number of carbonyl (C=O) groups excluding carboxylic acids is 1. The number of likely N-dealkylation sites (tertiary alicyclic amines) is 1. The van der Waals surface area contributed by atoms with Crippen LogP contribution in [0.25, 0.3) is 21.5 Å². The third-order valence-electron chi connectivity index (χ3n) is 5.71. The number of fused-ring (bicyclic) bond motifs is 1. The number of para-hydroxylation sites is 1. The van der Waals surface area contributed by atoms with E-state index in [1.807, 2.05) is 52.9 Å². The Labute approximate surface area is 177 Å². The Kier molecular flexibility index (Phi) is 4.96. The first-order valence-electron chi connectivity index (χ1n) is 10.2. The van der Waals surface area contributed by atoms with Gasteiger partial charge in [0, 0.05) is 36.3 Å². The fourth-order valence-corrected chi connectivity index (χ4v) is 4.87. The number of hydrogen-bond acceptors (Lipinski definition) is 4. The van der Waals surface area contributed by atoms with Crippen LogP contribution in [0.1, 0.15) is 24.4 Å². The van der Waals surface area contributed by atoms with Gasteiger partial charge in [0.1, 0.15) is 5.69 Å². The van der Waals surface area contributed by atoms with Gasteiger partial charge in [0.2, 0.25) is 5.91 Å². The minimum absolute atomic E-state index is 0.0897. The lowest BCUT2D eigenvalue weighted by Gasteiger charge is -2.33. The van der Waals surface area contributed by atoms with E-state index in [1.54, 1.807) is 28.2 Å².